The molecule has 7 heteroatoms. The van der Waals surface area contributed by atoms with Crippen molar-refractivity contribution in [2.75, 3.05) is 5.73 Å². The van der Waals surface area contributed by atoms with Gasteiger partial charge in [0.1, 0.15) is 0 Å². The number of thiol groups is 1. The molecular formula is C7H6F3NO2S. The highest BCUT2D eigenvalue weighted by molar-refractivity contribution is 7.72. The van der Waals surface area contributed by atoms with Crippen LogP contribution in [0.5, 0.6) is 0 Å². The van der Waals surface area contributed by atoms with Gasteiger partial charge in [-0.2, -0.15) is 13.2 Å². The minimum Gasteiger partial charge on any atom is -0.399 e. The molecule has 0 atom stereocenters. The summed E-state index contributed by atoms with van der Waals surface area (Å²) < 4.78 is 57.7. The Morgan fingerprint density at radius 3 is 2.21 bits per heavy atom. The van der Waals surface area contributed by atoms with Crippen molar-refractivity contribution in [2.45, 2.75) is 11.1 Å². The molecule has 14 heavy (non-hydrogen) atoms. The van der Waals surface area contributed by atoms with Crippen LogP contribution in [0, 0.1) is 0 Å². The van der Waals surface area contributed by atoms with Crippen molar-refractivity contribution < 1.29 is 21.6 Å². The van der Waals surface area contributed by atoms with Gasteiger partial charge in [0.25, 0.3) is 0 Å². The molecule has 0 fully saturated rings. The Morgan fingerprint density at radius 1 is 1.21 bits per heavy atom. The smallest absolute Gasteiger partial charge is 0.399 e. The molecular weight excluding hydrogens is 219 g/mol. The lowest BCUT2D eigenvalue weighted by Gasteiger charge is -2.09. The summed E-state index contributed by atoms with van der Waals surface area (Å²) in [7, 11) is -3.27. The second-order valence-corrected chi connectivity index (χ2v) is 3.53. The first kappa shape index (κ1) is 10.8. The first-order chi connectivity index (χ1) is 6.32. The molecule has 0 heterocycles. The van der Waals surface area contributed by atoms with Crippen molar-refractivity contribution in [1.29, 1.82) is 0 Å². The molecule has 0 amide bonds. The molecule has 0 saturated carbocycles. The van der Waals surface area contributed by atoms with Gasteiger partial charge >= 0.3 is 6.18 Å². The van der Waals surface area contributed by atoms with E-state index in [1.54, 1.807) is 0 Å². The number of nitrogens with two attached hydrogens (primary N) is 1. The van der Waals surface area contributed by atoms with Crippen LogP contribution in [-0.4, -0.2) is 8.42 Å². The van der Waals surface area contributed by atoms with Gasteiger partial charge in [-0.1, -0.05) is 0 Å². The summed E-state index contributed by atoms with van der Waals surface area (Å²) in [5, 5.41) is 0. The van der Waals surface area contributed by atoms with Crippen LogP contribution in [0.2, 0.25) is 0 Å². The van der Waals surface area contributed by atoms with E-state index in [-0.39, 0.29) is 5.69 Å². The van der Waals surface area contributed by atoms with E-state index in [1.165, 1.54) is 0 Å². The number of hydrogen-bond donors (Lipinski definition) is 2. The fourth-order valence-electron chi connectivity index (χ4n) is 0.940. The van der Waals surface area contributed by atoms with E-state index in [1.807, 2.05) is 0 Å². The highest BCUT2D eigenvalue weighted by atomic mass is 32.2. The molecule has 0 unspecified atom stereocenters. The zero-order valence-corrected chi connectivity index (χ0v) is 7.60. The van der Waals surface area contributed by atoms with E-state index in [4.69, 9.17) is 5.73 Å². The third kappa shape index (κ3) is 2.16. The molecule has 1 rings (SSSR count). The van der Waals surface area contributed by atoms with Gasteiger partial charge in [0.15, 0.2) is 10.7 Å². The first-order valence-electron chi connectivity index (χ1n) is 3.43. The van der Waals surface area contributed by atoms with Crippen LogP contribution < -0.4 is 5.73 Å². The van der Waals surface area contributed by atoms with Gasteiger partial charge in [-0.05, 0) is 18.2 Å². The van der Waals surface area contributed by atoms with E-state index in [2.05, 4.69) is 0 Å². The van der Waals surface area contributed by atoms with Crippen molar-refractivity contribution in [1.82, 2.24) is 0 Å². The normalized spacial score (nSPS) is 12.0. The van der Waals surface area contributed by atoms with Crippen LogP contribution in [0.15, 0.2) is 23.1 Å². The number of anilines is 1. The molecule has 3 nitrogen and oxygen atoms in total. The van der Waals surface area contributed by atoms with Crippen LogP contribution >= 0.6 is 0 Å². The van der Waals surface area contributed by atoms with Crippen molar-refractivity contribution in [3.8, 4) is 0 Å². The van der Waals surface area contributed by atoms with Gasteiger partial charge in [-0.15, -0.1) is 0 Å². The van der Waals surface area contributed by atoms with Crippen LogP contribution in [0.25, 0.3) is 0 Å². The van der Waals surface area contributed by atoms with Crippen LogP contribution in [0.4, 0.5) is 18.9 Å². The highest BCUT2D eigenvalue weighted by Crippen LogP contribution is 2.33. The number of halogens is 3. The Balaban J connectivity index is 3.45. The average molecular weight is 225 g/mol. The molecule has 0 aromatic heterocycles. The van der Waals surface area contributed by atoms with Crippen LogP contribution in [0.1, 0.15) is 5.56 Å². The van der Waals surface area contributed by atoms with E-state index >= 15 is 0 Å². The Morgan fingerprint density at radius 2 is 1.79 bits per heavy atom. The van der Waals surface area contributed by atoms with Crippen LogP contribution in [-0.2, 0) is 16.9 Å². The van der Waals surface area contributed by atoms with Gasteiger partial charge in [-0.25, -0.2) is 8.42 Å². The maximum absolute atomic E-state index is 12.3. The van der Waals surface area contributed by atoms with Gasteiger partial charge in [0, 0.05) is 5.69 Å². The third-order valence-electron chi connectivity index (χ3n) is 1.52. The molecule has 0 radical (unpaired) electrons. The molecule has 1 aromatic carbocycles. The molecule has 0 bridgehead atoms. The largest absolute Gasteiger partial charge is 0.417 e. The molecule has 0 aliphatic rings. The lowest BCUT2D eigenvalue weighted by atomic mass is 10.2. The zero-order valence-electron chi connectivity index (χ0n) is 6.71. The predicted octanol–water partition coefficient (Wildman–Crippen LogP) is 1.26. The summed E-state index contributed by atoms with van der Waals surface area (Å²) in [6, 6.07) is 2.54. The Hall–Kier alpha value is -1.24. The number of alkyl halides is 3. The van der Waals surface area contributed by atoms with E-state index in [0.29, 0.717) is 6.07 Å². The van der Waals surface area contributed by atoms with E-state index < -0.39 is 27.3 Å². The maximum Gasteiger partial charge on any atom is 0.417 e. The number of benzene rings is 1. The predicted molar refractivity (Wildman–Crippen MR) is 44.4 cm³/mol. The average Bonchev–Trinajstić information content (AvgIpc) is 2.01. The minimum atomic E-state index is -4.71. The Bertz CT molecular complexity index is 417. The summed E-state index contributed by atoms with van der Waals surface area (Å²) in [6.07, 6.45) is -4.71. The number of hydrogen-bond acceptors (Lipinski definition) is 3. The topological polar surface area (TPSA) is 60.2 Å². The maximum atomic E-state index is 12.3. The molecule has 2 N–H and O–H groups in total. The summed E-state index contributed by atoms with van der Waals surface area (Å²) >= 11 is 0. The fraction of sp³-hybridized carbons (Fsp3) is 0.143. The van der Waals surface area contributed by atoms with E-state index in [9.17, 15) is 21.6 Å². The SMILES string of the molecule is Nc1ccc([SH](=O)=O)c(C(F)(F)F)c1. The van der Waals surface area contributed by atoms with Crippen molar-refractivity contribution in [3.63, 3.8) is 0 Å². The molecule has 0 saturated heterocycles. The summed E-state index contributed by atoms with van der Waals surface area (Å²) in [6.45, 7) is 0. The lowest BCUT2D eigenvalue weighted by molar-refractivity contribution is -0.139. The minimum absolute atomic E-state index is 0.127. The van der Waals surface area contributed by atoms with Gasteiger partial charge in [-0.3, -0.25) is 0 Å². The monoisotopic (exact) mass is 225 g/mol. The standard InChI is InChI=1S/C7H6F3NO2S/c8-7(9,10)5-3-4(11)1-2-6(5)14(12)13/h1-3,14H,11H2. The second-order valence-electron chi connectivity index (χ2n) is 2.53. The number of rotatable bonds is 1. The van der Waals surface area contributed by atoms with Gasteiger partial charge < -0.3 is 5.73 Å². The molecule has 78 valence electrons. The highest BCUT2D eigenvalue weighted by Gasteiger charge is 2.34. The van der Waals surface area contributed by atoms with Crippen molar-refractivity contribution in [3.05, 3.63) is 23.8 Å². The van der Waals surface area contributed by atoms with Gasteiger partial charge in [0.2, 0.25) is 0 Å². The molecule has 0 spiro atoms. The first-order valence-corrected chi connectivity index (χ1v) is 4.61. The molecule has 1 aromatic rings. The van der Waals surface area contributed by atoms with E-state index in [0.717, 1.165) is 12.1 Å². The Labute approximate surface area is 79.3 Å². The third-order valence-corrected chi connectivity index (χ3v) is 2.31. The van der Waals surface area contributed by atoms with Crippen molar-refractivity contribution >= 4 is 16.4 Å². The quantitative estimate of drug-likeness (QED) is 0.558. The second kappa shape index (κ2) is 3.49. The molecule has 0 aliphatic heterocycles. The summed E-state index contributed by atoms with van der Waals surface area (Å²) in [5.41, 5.74) is 3.77. The van der Waals surface area contributed by atoms with Crippen molar-refractivity contribution in [2.24, 2.45) is 0 Å². The summed E-state index contributed by atoms with van der Waals surface area (Å²) in [5.74, 6) is 0. The van der Waals surface area contributed by atoms with Gasteiger partial charge in [0.05, 0.1) is 10.5 Å². The number of nitrogen functional groups attached to an aromatic ring is 1. The fourth-order valence-corrected chi connectivity index (χ4v) is 1.52. The lowest BCUT2D eigenvalue weighted by Crippen LogP contribution is -2.09. The molecule has 0 aliphatic carbocycles. The zero-order chi connectivity index (χ0) is 10.9. The van der Waals surface area contributed by atoms with Crippen LogP contribution in [0.3, 0.4) is 0 Å². The Kier molecular flexibility index (Phi) is 2.70. The summed E-state index contributed by atoms with van der Waals surface area (Å²) in [4.78, 5) is -0.762.